The maximum absolute atomic E-state index is 12.4. The summed E-state index contributed by atoms with van der Waals surface area (Å²) in [5.41, 5.74) is -1.71. The monoisotopic (exact) mass is 555 g/mol. The molecule has 1 saturated heterocycles. The van der Waals surface area contributed by atoms with E-state index in [0.29, 0.717) is 5.75 Å². The minimum absolute atomic E-state index is 0.131. The standard InChI is InChI=1S/C24H34N3O8PS/c1-6-24(31)21(29)19(34-23(24)27-13-12-20(28)25-17(27)5)14-32-36(37,35-18-10-8-7-9-11-18)26-16(4)22(30)33-15(2)3/h7-13,15-16,19,21,23,29,31H,5-6,14H2,1-4H3,(H,25,28)(H,26,37)/t16?,19-,21-,23-,24-,36?/m1/s1. The Morgan fingerprint density at radius 1 is 1.35 bits per heavy atom. The van der Waals surface area contributed by atoms with E-state index in [1.54, 1.807) is 52.0 Å². The smallest absolute Gasteiger partial charge is 0.323 e. The molecule has 1 aromatic carbocycles. The van der Waals surface area contributed by atoms with Gasteiger partial charge in [-0.3, -0.25) is 9.59 Å². The van der Waals surface area contributed by atoms with Gasteiger partial charge in [0.1, 0.15) is 35.4 Å². The molecule has 0 spiro atoms. The van der Waals surface area contributed by atoms with Gasteiger partial charge in [0.15, 0.2) is 6.23 Å². The number of nitrogens with zero attached hydrogens (tertiary/aromatic N) is 1. The summed E-state index contributed by atoms with van der Waals surface area (Å²) < 4.78 is 23.2. The molecule has 0 aliphatic carbocycles. The fourth-order valence-electron chi connectivity index (χ4n) is 3.86. The molecular formula is C24H34N3O8PS. The first-order chi connectivity index (χ1) is 17.4. The highest BCUT2D eigenvalue weighted by molar-refractivity contribution is 8.09. The van der Waals surface area contributed by atoms with E-state index in [-0.39, 0.29) is 30.9 Å². The van der Waals surface area contributed by atoms with Crippen molar-refractivity contribution < 1.29 is 38.3 Å². The topological polar surface area (TPSA) is 139 Å². The minimum Gasteiger partial charge on any atom is -0.462 e. The van der Waals surface area contributed by atoms with Crippen LogP contribution in [0.4, 0.5) is 0 Å². The van der Waals surface area contributed by atoms with Crippen LogP contribution in [0.5, 0.6) is 5.75 Å². The second kappa shape index (κ2) is 12.0. The Hall–Kier alpha value is -2.31. The van der Waals surface area contributed by atoms with Gasteiger partial charge in [-0.15, -0.1) is 0 Å². The molecule has 1 fully saturated rings. The zero-order valence-corrected chi connectivity index (χ0v) is 22.9. The molecule has 2 aliphatic heterocycles. The largest absolute Gasteiger partial charge is 0.462 e. The van der Waals surface area contributed by atoms with Crippen molar-refractivity contribution in [2.45, 2.75) is 70.3 Å². The number of ether oxygens (including phenoxy) is 2. The number of esters is 1. The van der Waals surface area contributed by atoms with E-state index in [4.69, 9.17) is 30.3 Å². The number of aliphatic hydroxyl groups is 2. The number of carbonyl (C=O) groups excluding carboxylic acids is 2. The van der Waals surface area contributed by atoms with E-state index < -0.39 is 42.7 Å². The average Bonchev–Trinajstić information content (AvgIpc) is 3.08. The minimum atomic E-state index is -3.39. The lowest BCUT2D eigenvalue weighted by atomic mass is 9.90. The molecule has 1 amide bonds. The Balaban J connectivity index is 1.79. The van der Waals surface area contributed by atoms with Gasteiger partial charge in [-0.25, -0.2) is 5.09 Å². The number of hydrogen-bond acceptors (Lipinski definition) is 10. The number of amides is 1. The quantitative estimate of drug-likeness (QED) is 0.235. The summed E-state index contributed by atoms with van der Waals surface area (Å²) in [4.78, 5) is 25.5. The summed E-state index contributed by atoms with van der Waals surface area (Å²) in [6.07, 6.45) is -0.953. The summed E-state index contributed by atoms with van der Waals surface area (Å²) >= 11 is 5.70. The number of hydrogen-bond donors (Lipinski definition) is 4. The van der Waals surface area contributed by atoms with E-state index in [1.807, 2.05) is 6.07 Å². The van der Waals surface area contributed by atoms with Gasteiger partial charge in [-0.2, -0.15) is 0 Å². The lowest BCUT2D eigenvalue weighted by Crippen LogP contribution is -2.55. The molecular weight excluding hydrogens is 521 g/mol. The molecule has 13 heteroatoms. The molecule has 2 unspecified atom stereocenters. The van der Waals surface area contributed by atoms with Gasteiger partial charge < -0.3 is 39.0 Å². The van der Waals surface area contributed by atoms with Gasteiger partial charge in [0.2, 0.25) is 0 Å². The number of benzene rings is 1. The van der Waals surface area contributed by atoms with E-state index in [2.05, 4.69) is 17.0 Å². The Morgan fingerprint density at radius 2 is 2.03 bits per heavy atom. The van der Waals surface area contributed by atoms with Crippen LogP contribution < -0.4 is 14.9 Å². The first-order valence-electron chi connectivity index (χ1n) is 11.9. The van der Waals surface area contributed by atoms with Crippen LogP contribution in [0.3, 0.4) is 0 Å². The summed E-state index contributed by atoms with van der Waals surface area (Å²) in [6.45, 7) is 6.89. The average molecular weight is 556 g/mol. The van der Waals surface area contributed by atoms with Crippen LogP contribution in [0, 0.1) is 0 Å². The molecule has 4 N–H and O–H groups in total. The summed E-state index contributed by atoms with van der Waals surface area (Å²) in [5.74, 6) is -0.284. The third-order valence-corrected chi connectivity index (χ3v) is 8.31. The second-order valence-corrected chi connectivity index (χ2v) is 12.1. The predicted molar refractivity (Wildman–Crippen MR) is 139 cm³/mol. The van der Waals surface area contributed by atoms with Gasteiger partial charge in [0, 0.05) is 12.3 Å². The fraction of sp³-hybridized carbons (Fsp3) is 0.500. The molecule has 2 heterocycles. The highest BCUT2D eigenvalue weighted by Gasteiger charge is 2.57. The van der Waals surface area contributed by atoms with E-state index in [0.717, 1.165) is 0 Å². The molecule has 11 nitrogen and oxygen atoms in total. The number of rotatable bonds is 11. The summed E-state index contributed by atoms with van der Waals surface area (Å²) in [5, 5.41) is 27.8. The zero-order chi connectivity index (χ0) is 27.4. The number of carbonyl (C=O) groups is 2. The predicted octanol–water partition coefficient (Wildman–Crippen LogP) is 1.88. The van der Waals surface area contributed by atoms with Crippen LogP contribution in [-0.2, 0) is 35.4 Å². The third kappa shape index (κ3) is 6.97. The number of nitrogens with one attached hydrogen (secondary N) is 2. The van der Waals surface area contributed by atoms with Gasteiger partial charge in [0.05, 0.1) is 12.7 Å². The fourth-order valence-corrected chi connectivity index (χ4v) is 6.28. The first kappa shape index (κ1) is 29.2. The lowest BCUT2D eigenvalue weighted by Gasteiger charge is -2.38. The van der Waals surface area contributed by atoms with Crippen molar-refractivity contribution in [2.75, 3.05) is 6.61 Å². The van der Waals surface area contributed by atoms with Crippen LogP contribution in [0.15, 0.2) is 55.0 Å². The van der Waals surface area contributed by atoms with Crippen LogP contribution in [0.1, 0.15) is 34.1 Å². The normalized spacial score (nSPS) is 28.1. The zero-order valence-electron chi connectivity index (χ0n) is 21.2. The van der Waals surface area contributed by atoms with Crippen molar-refractivity contribution in [1.82, 2.24) is 15.3 Å². The maximum atomic E-state index is 12.4. The molecule has 0 bridgehead atoms. The molecule has 3 rings (SSSR count). The first-order valence-corrected chi connectivity index (χ1v) is 14.5. The lowest BCUT2D eigenvalue weighted by molar-refractivity contribution is -0.149. The Kier molecular flexibility index (Phi) is 9.52. The molecule has 0 radical (unpaired) electrons. The van der Waals surface area contributed by atoms with Gasteiger partial charge in [-0.05, 0) is 51.1 Å². The van der Waals surface area contributed by atoms with Gasteiger partial charge in [0.25, 0.3) is 5.91 Å². The van der Waals surface area contributed by atoms with E-state index in [9.17, 15) is 19.8 Å². The van der Waals surface area contributed by atoms with Crippen LogP contribution in [0.25, 0.3) is 0 Å². The van der Waals surface area contributed by atoms with Crippen LogP contribution >= 0.6 is 6.64 Å². The van der Waals surface area contributed by atoms with E-state index in [1.165, 1.54) is 17.2 Å². The van der Waals surface area contributed by atoms with Crippen molar-refractivity contribution >= 4 is 30.3 Å². The SMILES string of the molecule is C=C1NC(=O)C=CN1[C@@H]1O[C@H](COP(=S)(NC(C)C(=O)OC(C)C)Oc2ccccc2)[C@@H](O)[C@]1(O)CC. The van der Waals surface area contributed by atoms with E-state index >= 15 is 0 Å². The molecule has 2 aliphatic rings. The van der Waals surface area contributed by atoms with Crippen LogP contribution in [-0.4, -0.2) is 69.8 Å². The highest BCUT2D eigenvalue weighted by Crippen LogP contribution is 2.47. The second-order valence-electron chi connectivity index (χ2n) is 9.01. The van der Waals surface area contributed by atoms with Crippen LogP contribution in [0.2, 0.25) is 0 Å². The van der Waals surface area contributed by atoms with Crippen molar-refractivity contribution in [3.63, 3.8) is 0 Å². The van der Waals surface area contributed by atoms with Crippen molar-refractivity contribution in [1.29, 1.82) is 0 Å². The Morgan fingerprint density at radius 3 is 2.62 bits per heavy atom. The van der Waals surface area contributed by atoms with Gasteiger partial charge in [-0.1, -0.05) is 31.7 Å². The Bertz CT molecular complexity index is 1070. The van der Waals surface area contributed by atoms with Crippen molar-refractivity contribution in [2.24, 2.45) is 0 Å². The van der Waals surface area contributed by atoms with Gasteiger partial charge >= 0.3 is 12.6 Å². The van der Waals surface area contributed by atoms with Crippen molar-refractivity contribution in [3.05, 3.63) is 55.0 Å². The maximum Gasteiger partial charge on any atom is 0.323 e. The number of para-hydroxylation sites is 1. The Labute approximate surface area is 221 Å². The molecule has 1 aromatic rings. The highest BCUT2D eigenvalue weighted by atomic mass is 32.5. The van der Waals surface area contributed by atoms with Crippen molar-refractivity contribution in [3.8, 4) is 5.75 Å². The summed E-state index contributed by atoms with van der Waals surface area (Å²) in [6, 6.07) is 7.87. The molecule has 37 heavy (non-hydrogen) atoms. The molecule has 0 aromatic heterocycles. The third-order valence-electron chi connectivity index (χ3n) is 5.82. The molecule has 0 saturated carbocycles. The molecule has 204 valence electrons. The number of aliphatic hydroxyl groups excluding tert-OH is 1. The molecule has 6 atom stereocenters. The summed E-state index contributed by atoms with van der Waals surface area (Å²) in [7, 11) is 0.